The molecular weight excluding hydrogens is 463 g/mol. The highest BCUT2D eigenvalue weighted by Crippen LogP contribution is 2.41. The Hall–Kier alpha value is -3.22. The summed E-state index contributed by atoms with van der Waals surface area (Å²) in [5, 5.41) is 9.28. The molecule has 0 amide bonds. The van der Waals surface area contributed by atoms with Gasteiger partial charge in [-0.2, -0.15) is 0 Å². The van der Waals surface area contributed by atoms with Gasteiger partial charge in [-0.25, -0.2) is 26.7 Å². The van der Waals surface area contributed by atoms with Crippen molar-refractivity contribution < 1.29 is 31.9 Å². The Morgan fingerprint density at radius 1 is 0.829 bits per heavy atom. The molecule has 1 saturated carbocycles. The van der Waals surface area contributed by atoms with Crippen LogP contribution in [0.4, 0.5) is 22.0 Å². The second-order valence-corrected chi connectivity index (χ2v) is 9.16. The molecule has 1 aliphatic carbocycles. The molecule has 0 saturated heterocycles. The number of hydrogen-bond acceptors (Lipinski definition) is 1. The summed E-state index contributed by atoms with van der Waals surface area (Å²) in [7, 11) is 0. The quantitative estimate of drug-likeness (QED) is 0.279. The van der Waals surface area contributed by atoms with Gasteiger partial charge < -0.3 is 5.11 Å². The maximum Gasteiger partial charge on any atom is 0.341 e. The van der Waals surface area contributed by atoms with Gasteiger partial charge in [-0.1, -0.05) is 44.0 Å². The van der Waals surface area contributed by atoms with E-state index in [0.29, 0.717) is 23.6 Å². The van der Waals surface area contributed by atoms with E-state index < -0.39 is 51.7 Å². The molecule has 1 fully saturated rings. The predicted octanol–water partition coefficient (Wildman–Crippen LogP) is 8.49. The van der Waals surface area contributed by atoms with Crippen LogP contribution in [0, 0.1) is 35.0 Å². The highest BCUT2D eigenvalue weighted by molar-refractivity contribution is 5.94. The van der Waals surface area contributed by atoms with E-state index in [4.69, 9.17) is 0 Å². The second kappa shape index (κ2) is 10.2. The lowest BCUT2D eigenvalue weighted by Gasteiger charge is -2.28. The molecule has 7 heteroatoms. The molecule has 1 N–H and O–H groups in total. The summed E-state index contributed by atoms with van der Waals surface area (Å²) in [6.45, 7) is 2.18. The van der Waals surface area contributed by atoms with Gasteiger partial charge in [-0.05, 0) is 78.0 Å². The van der Waals surface area contributed by atoms with Crippen molar-refractivity contribution in [3.63, 3.8) is 0 Å². The highest BCUT2D eigenvalue weighted by Gasteiger charge is 2.27. The zero-order valence-corrected chi connectivity index (χ0v) is 19.2. The third kappa shape index (κ3) is 4.95. The Labute approximate surface area is 200 Å². The predicted molar refractivity (Wildman–Crippen MR) is 124 cm³/mol. The van der Waals surface area contributed by atoms with Crippen LogP contribution in [0.3, 0.4) is 0 Å². The Bertz CT molecular complexity index is 1220. The number of rotatable bonds is 6. The molecule has 0 radical (unpaired) electrons. The van der Waals surface area contributed by atoms with Gasteiger partial charge in [-0.15, -0.1) is 0 Å². The third-order valence-corrected chi connectivity index (χ3v) is 6.94. The first-order valence-electron chi connectivity index (χ1n) is 11.7. The fraction of sp³-hybridized carbons (Fsp3) is 0.321. The van der Waals surface area contributed by atoms with Gasteiger partial charge in [-0.3, -0.25) is 0 Å². The monoisotopic (exact) mass is 488 g/mol. The van der Waals surface area contributed by atoms with Crippen molar-refractivity contribution in [2.75, 3.05) is 0 Å². The third-order valence-electron chi connectivity index (χ3n) is 6.94. The summed E-state index contributed by atoms with van der Waals surface area (Å²) >= 11 is 0. The van der Waals surface area contributed by atoms with E-state index in [2.05, 4.69) is 6.92 Å². The first-order valence-corrected chi connectivity index (χ1v) is 11.7. The first kappa shape index (κ1) is 24.9. The average Bonchev–Trinajstić information content (AvgIpc) is 2.82. The molecule has 0 aliphatic heterocycles. The summed E-state index contributed by atoms with van der Waals surface area (Å²) in [4.78, 5) is 11.5. The van der Waals surface area contributed by atoms with Crippen molar-refractivity contribution in [1.82, 2.24) is 0 Å². The topological polar surface area (TPSA) is 37.3 Å². The lowest BCUT2D eigenvalue weighted by atomic mass is 9.77. The summed E-state index contributed by atoms with van der Waals surface area (Å²) in [5.74, 6) is -8.44. The fourth-order valence-corrected chi connectivity index (χ4v) is 5.15. The molecule has 3 aromatic carbocycles. The molecule has 4 rings (SSSR count). The van der Waals surface area contributed by atoms with Gasteiger partial charge in [0.2, 0.25) is 0 Å². The van der Waals surface area contributed by atoms with Crippen LogP contribution >= 0.6 is 0 Å². The molecule has 0 atom stereocenters. The van der Waals surface area contributed by atoms with E-state index in [1.165, 1.54) is 12.8 Å². The molecule has 3 aromatic rings. The summed E-state index contributed by atoms with van der Waals surface area (Å²) in [5.41, 5.74) is -0.873. The van der Waals surface area contributed by atoms with Crippen molar-refractivity contribution in [1.29, 1.82) is 0 Å². The normalized spacial score (nSPS) is 18.0. The lowest BCUT2D eigenvalue weighted by Crippen LogP contribution is -2.13. The number of carboxylic acid groups (broad SMARTS) is 1. The van der Waals surface area contributed by atoms with Gasteiger partial charge >= 0.3 is 5.97 Å². The van der Waals surface area contributed by atoms with Crippen molar-refractivity contribution >= 4 is 5.97 Å². The van der Waals surface area contributed by atoms with E-state index in [0.717, 1.165) is 43.2 Å². The zero-order chi connectivity index (χ0) is 25.3. The maximum absolute atomic E-state index is 15.3. The minimum absolute atomic E-state index is 0.0892. The van der Waals surface area contributed by atoms with Gasteiger partial charge in [0.1, 0.15) is 17.2 Å². The number of hydrogen-bond donors (Lipinski definition) is 1. The van der Waals surface area contributed by atoms with Gasteiger partial charge in [0.25, 0.3) is 0 Å². The minimum Gasteiger partial charge on any atom is -0.477 e. The lowest BCUT2D eigenvalue weighted by molar-refractivity contribution is 0.0686. The van der Waals surface area contributed by atoms with Crippen LogP contribution in [0.1, 0.15) is 67.3 Å². The van der Waals surface area contributed by atoms with E-state index >= 15 is 4.39 Å². The number of aromatic carboxylic acids is 1. The van der Waals surface area contributed by atoms with Crippen molar-refractivity contribution in [2.45, 2.75) is 51.4 Å². The highest BCUT2D eigenvalue weighted by atomic mass is 19.2. The minimum atomic E-state index is -1.87. The Balaban J connectivity index is 1.77. The van der Waals surface area contributed by atoms with Crippen LogP contribution in [0.15, 0.2) is 42.5 Å². The molecule has 0 heterocycles. The Morgan fingerprint density at radius 3 is 1.97 bits per heavy atom. The first-order chi connectivity index (χ1) is 16.7. The molecule has 1 aliphatic rings. The number of benzene rings is 3. The molecule has 2 nitrogen and oxygen atoms in total. The summed E-state index contributed by atoms with van der Waals surface area (Å²) in [6, 6.07) is 8.98. The van der Waals surface area contributed by atoms with Crippen LogP contribution in [-0.2, 0) is 0 Å². The van der Waals surface area contributed by atoms with E-state index in [9.17, 15) is 27.5 Å². The van der Waals surface area contributed by atoms with E-state index in [-0.39, 0.29) is 5.56 Å². The average molecular weight is 488 g/mol. The second-order valence-electron chi connectivity index (χ2n) is 9.16. The standard InChI is InChI=1S/C28H25F5O2/c1-2-3-15-4-6-16(7-5-15)17-8-10-18(11-9-17)20-14-21(29)25(28(34)35)27(33)24(20)19-12-22(30)26(32)23(31)13-19/h8-16H,2-7H2,1H3,(H,34,35). The van der Waals surface area contributed by atoms with Crippen LogP contribution in [0.2, 0.25) is 0 Å². The van der Waals surface area contributed by atoms with Crippen molar-refractivity contribution in [3.05, 3.63) is 82.7 Å². The number of halogens is 5. The Morgan fingerprint density at radius 2 is 1.43 bits per heavy atom. The van der Waals surface area contributed by atoms with Crippen LogP contribution < -0.4 is 0 Å². The van der Waals surface area contributed by atoms with Gasteiger partial charge in [0.05, 0.1) is 0 Å². The molecule has 0 spiro atoms. The van der Waals surface area contributed by atoms with E-state index in [1.54, 1.807) is 12.1 Å². The van der Waals surface area contributed by atoms with Crippen molar-refractivity contribution in [2.24, 2.45) is 5.92 Å². The molecule has 35 heavy (non-hydrogen) atoms. The molecule has 184 valence electrons. The molecule has 0 aromatic heterocycles. The van der Waals surface area contributed by atoms with Crippen LogP contribution in [0.5, 0.6) is 0 Å². The van der Waals surface area contributed by atoms with E-state index in [1.807, 2.05) is 12.1 Å². The number of carboxylic acids is 1. The smallest absolute Gasteiger partial charge is 0.341 e. The summed E-state index contributed by atoms with van der Waals surface area (Å²) in [6.07, 6.45) is 6.81. The molecule has 0 unspecified atom stereocenters. The molecular formula is C28H25F5O2. The van der Waals surface area contributed by atoms with Crippen LogP contribution in [-0.4, -0.2) is 11.1 Å². The molecule has 0 bridgehead atoms. The summed E-state index contributed by atoms with van der Waals surface area (Å²) < 4.78 is 71.3. The number of carbonyl (C=O) groups is 1. The fourth-order valence-electron chi connectivity index (χ4n) is 5.15. The van der Waals surface area contributed by atoms with Gasteiger partial charge in [0.15, 0.2) is 17.5 Å². The largest absolute Gasteiger partial charge is 0.477 e. The van der Waals surface area contributed by atoms with Crippen molar-refractivity contribution in [3.8, 4) is 22.3 Å². The SMILES string of the molecule is CCCC1CCC(c2ccc(-c3cc(F)c(C(=O)O)c(F)c3-c3cc(F)c(F)c(F)c3)cc2)CC1. The maximum atomic E-state index is 15.3. The van der Waals surface area contributed by atoms with Gasteiger partial charge in [0, 0.05) is 5.56 Å². The Kier molecular flexibility index (Phi) is 7.24. The van der Waals surface area contributed by atoms with Crippen LogP contribution in [0.25, 0.3) is 22.3 Å². The zero-order valence-electron chi connectivity index (χ0n) is 19.2.